The molecule has 0 spiro atoms. The molecule has 1 aliphatic carbocycles. The number of carbonyl (C=O) groups is 1. The van der Waals surface area contributed by atoms with E-state index in [4.69, 9.17) is 5.73 Å². The van der Waals surface area contributed by atoms with Crippen molar-refractivity contribution in [3.63, 3.8) is 0 Å². The molecule has 1 amide bonds. The summed E-state index contributed by atoms with van der Waals surface area (Å²) >= 11 is 1.66. The van der Waals surface area contributed by atoms with E-state index < -0.39 is 17.6 Å². The van der Waals surface area contributed by atoms with Crippen molar-refractivity contribution in [2.24, 2.45) is 11.7 Å². The van der Waals surface area contributed by atoms with Crippen LogP contribution in [0, 0.1) is 5.92 Å². The molecule has 11 heteroatoms. The third-order valence-corrected chi connectivity index (χ3v) is 7.69. The van der Waals surface area contributed by atoms with Gasteiger partial charge in [-0.25, -0.2) is 9.97 Å². The quantitative estimate of drug-likeness (QED) is 0.579. The number of alkyl halides is 3. The van der Waals surface area contributed by atoms with Crippen molar-refractivity contribution in [3.05, 3.63) is 30.1 Å². The van der Waals surface area contributed by atoms with Gasteiger partial charge in [0, 0.05) is 30.3 Å². The van der Waals surface area contributed by atoms with Gasteiger partial charge in [0.25, 0.3) is 0 Å². The van der Waals surface area contributed by atoms with Crippen LogP contribution in [-0.4, -0.2) is 75.7 Å². The Labute approximate surface area is 200 Å². The van der Waals surface area contributed by atoms with Crippen LogP contribution < -0.4 is 10.6 Å². The SMILES string of the molecule is CSCC(O)C1CCC(N2CC(N(CC(N)=O)c3ncnc4ccc(C(F)(F)F)cc34)C2)CC1. The number of anilines is 1. The highest BCUT2D eigenvalue weighted by molar-refractivity contribution is 7.98. The molecule has 0 radical (unpaired) electrons. The van der Waals surface area contributed by atoms with Crippen LogP contribution in [0.4, 0.5) is 19.0 Å². The second kappa shape index (κ2) is 10.2. The highest BCUT2D eigenvalue weighted by Crippen LogP contribution is 2.36. The first-order valence-corrected chi connectivity index (χ1v) is 12.8. The molecular formula is C23H30F3N5O2S. The first-order valence-electron chi connectivity index (χ1n) is 11.4. The molecule has 1 saturated heterocycles. The molecule has 2 aromatic rings. The maximum Gasteiger partial charge on any atom is 0.416 e. The lowest BCUT2D eigenvalue weighted by Crippen LogP contribution is -2.64. The first kappa shape index (κ1) is 25.0. The maximum absolute atomic E-state index is 13.3. The van der Waals surface area contributed by atoms with Gasteiger partial charge in [0.05, 0.1) is 29.8 Å². The normalized spacial score (nSPS) is 23.0. The van der Waals surface area contributed by atoms with Gasteiger partial charge in [-0.2, -0.15) is 24.9 Å². The summed E-state index contributed by atoms with van der Waals surface area (Å²) in [7, 11) is 0. The van der Waals surface area contributed by atoms with Crippen molar-refractivity contribution in [2.45, 2.75) is 50.0 Å². The van der Waals surface area contributed by atoms with Crippen molar-refractivity contribution < 1.29 is 23.1 Å². The molecule has 1 unspecified atom stereocenters. The number of hydrogen-bond donors (Lipinski definition) is 2. The number of thioether (sulfide) groups is 1. The summed E-state index contributed by atoms with van der Waals surface area (Å²) in [5.41, 5.74) is 5.09. The Balaban J connectivity index is 1.48. The molecule has 7 nitrogen and oxygen atoms in total. The zero-order valence-electron chi connectivity index (χ0n) is 19.0. The predicted octanol–water partition coefficient (Wildman–Crippen LogP) is 2.91. The van der Waals surface area contributed by atoms with Crippen molar-refractivity contribution in [3.8, 4) is 0 Å². The lowest BCUT2D eigenvalue weighted by Gasteiger charge is -2.50. The molecule has 186 valence electrons. The van der Waals surface area contributed by atoms with Crippen LogP contribution in [0.3, 0.4) is 0 Å². The lowest BCUT2D eigenvalue weighted by molar-refractivity contribution is -0.137. The van der Waals surface area contributed by atoms with E-state index in [1.807, 2.05) is 6.26 Å². The zero-order valence-corrected chi connectivity index (χ0v) is 19.9. The second-order valence-electron chi connectivity index (χ2n) is 9.22. The molecule has 1 saturated carbocycles. The molecule has 1 aromatic heterocycles. The fourth-order valence-electron chi connectivity index (χ4n) is 5.13. The van der Waals surface area contributed by atoms with Crippen LogP contribution in [0.25, 0.3) is 10.9 Å². The monoisotopic (exact) mass is 497 g/mol. The van der Waals surface area contributed by atoms with Crippen LogP contribution in [0.15, 0.2) is 24.5 Å². The number of carbonyl (C=O) groups excluding carboxylic acids is 1. The van der Waals surface area contributed by atoms with Gasteiger partial charge in [-0.05, 0) is 56.1 Å². The minimum absolute atomic E-state index is 0.0834. The molecule has 4 rings (SSSR count). The largest absolute Gasteiger partial charge is 0.416 e. The third-order valence-electron chi connectivity index (χ3n) is 7.01. The summed E-state index contributed by atoms with van der Waals surface area (Å²) in [6.45, 7) is 1.23. The summed E-state index contributed by atoms with van der Waals surface area (Å²) in [6.07, 6.45) is 2.51. The fourth-order valence-corrected chi connectivity index (χ4v) is 5.75. The van der Waals surface area contributed by atoms with Crippen LogP contribution in [0.1, 0.15) is 31.2 Å². The molecule has 34 heavy (non-hydrogen) atoms. The molecule has 1 aromatic carbocycles. The minimum atomic E-state index is -4.49. The maximum atomic E-state index is 13.3. The molecular weight excluding hydrogens is 467 g/mol. The van der Waals surface area contributed by atoms with E-state index in [2.05, 4.69) is 14.9 Å². The second-order valence-corrected chi connectivity index (χ2v) is 10.1. The number of likely N-dealkylation sites (tertiary alicyclic amines) is 1. The van der Waals surface area contributed by atoms with Crippen molar-refractivity contribution in [1.82, 2.24) is 14.9 Å². The zero-order chi connectivity index (χ0) is 24.5. The summed E-state index contributed by atoms with van der Waals surface area (Å²) in [5.74, 6) is 0.817. The molecule has 2 fully saturated rings. The van der Waals surface area contributed by atoms with E-state index in [1.54, 1.807) is 16.7 Å². The predicted molar refractivity (Wildman–Crippen MR) is 127 cm³/mol. The van der Waals surface area contributed by atoms with Crippen molar-refractivity contribution in [2.75, 3.05) is 36.5 Å². The van der Waals surface area contributed by atoms with Gasteiger partial charge in [0.1, 0.15) is 12.1 Å². The summed E-state index contributed by atoms with van der Waals surface area (Å²) in [6, 6.07) is 3.68. The molecule has 3 N–H and O–H groups in total. The number of nitrogens with two attached hydrogens (primary N) is 1. The summed E-state index contributed by atoms with van der Waals surface area (Å²) in [4.78, 5) is 24.3. The van der Waals surface area contributed by atoms with E-state index in [1.165, 1.54) is 12.4 Å². The summed E-state index contributed by atoms with van der Waals surface area (Å²) in [5, 5.41) is 10.5. The number of rotatable bonds is 8. The number of amides is 1. The smallest absolute Gasteiger partial charge is 0.392 e. The van der Waals surface area contributed by atoms with Gasteiger partial charge < -0.3 is 15.7 Å². The van der Waals surface area contributed by atoms with Gasteiger partial charge in [-0.3, -0.25) is 9.69 Å². The number of benzene rings is 1. The molecule has 2 heterocycles. The molecule has 2 aliphatic rings. The number of aromatic nitrogens is 2. The Morgan fingerprint density at radius 1 is 1.26 bits per heavy atom. The van der Waals surface area contributed by atoms with Gasteiger partial charge in [-0.1, -0.05) is 0 Å². The highest BCUT2D eigenvalue weighted by atomic mass is 32.2. The molecule has 1 aliphatic heterocycles. The van der Waals surface area contributed by atoms with Crippen LogP contribution in [0.5, 0.6) is 0 Å². The van der Waals surface area contributed by atoms with Gasteiger partial charge >= 0.3 is 6.18 Å². The number of primary amides is 1. The fraction of sp³-hybridized carbons (Fsp3) is 0.609. The Bertz CT molecular complexity index is 1010. The topological polar surface area (TPSA) is 95.6 Å². The number of fused-ring (bicyclic) bond motifs is 1. The number of nitrogens with zero attached hydrogens (tertiary/aromatic N) is 4. The number of aliphatic hydroxyl groups is 1. The lowest BCUT2D eigenvalue weighted by atomic mass is 9.81. The van der Waals surface area contributed by atoms with E-state index in [-0.39, 0.29) is 24.1 Å². The van der Waals surface area contributed by atoms with E-state index in [0.29, 0.717) is 36.4 Å². The first-order chi connectivity index (χ1) is 16.2. The highest BCUT2D eigenvalue weighted by Gasteiger charge is 2.40. The minimum Gasteiger partial charge on any atom is -0.392 e. The molecule has 1 atom stereocenters. The third kappa shape index (κ3) is 5.41. The van der Waals surface area contributed by atoms with Gasteiger partial charge in [0.2, 0.25) is 5.91 Å². The number of aliphatic hydroxyl groups excluding tert-OH is 1. The van der Waals surface area contributed by atoms with E-state index >= 15 is 0 Å². The molecule has 0 bridgehead atoms. The van der Waals surface area contributed by atoms with Crippen molar-refractivity contribution >= 4 is 34.4 Å². The Morgan fingerprint density at radius 3 is 2.59 bits per heavy atom. The van der Waals surface area contributed by atoms with E-state index in [9.17, 15) is 23.1 Å². The van der Waals surface area contributed by atoms with E-state index in [0.717, 1.165) is 43.6 Å². The standard InChI is InChI=1S/C23H30F3N5O2S/c1-34-12-20(32)14-2-5-16(6-3-14)30-9-17(10-30)31(11-21(27)33)22-18-8-15(23(24,25)26)4-7-19(18)28-13-29-22/h4,7-8,13-14,16-17,20,32H,2-3,5-6,9-12H2,1H3,(H2,27,33). The Kier molecular flexibility index (Phi) is 7.54. The number of hydrogen-bond acceptors (Lipinski definition) is 7. The van der Waals surface area contributed by atoms with Gasteiger partial charge in [0.15, 0.2) is 0 Å². The van der Waals surface area contributed by atoms with Crippen LogP contribution in [-0.2, 0) is 11.0 Å². The Morgan fingerprint density at radius 2 is 1.97 bits per heavy atom. The van der Waals surface area contributed by atoms with Crippen molar-refractivity contribution in [1.29, 1.82) is 0 Å². The average Bonchev–Trinajstić information content (AvgIpc) is 2.76. The summed E-state index contributed by atoms with van der Waals surface area (Å²) < 4.78 is 40.0. The van der Waals surface area contributed by atoms with Crippen LogP contribution >= 0.6 is 11.8 Å². The van der Waals surface area contributed by atoms with Gasteiger partial charge in [-0.15, -0.1) is 0 Å². The number of halogens is 3. The Hall–Kier alpha value is -2.11. The average molecular weight is 498 g/mol. The van der Waals surface area contributed by atoms with Crippen LogP contribution in [0.2, 0.25) is 0 Å².